The fraction of sp³-hybridized carbons (Fsp3) is 0.308. The zero-order valence-corrected chi connectivity index (χ0v) is 10.1. The molecular weight excluding hydrogens is 226 g/mol. The predicted molar refractivity (Wildman–Crippen MR) is 71.0 cm³/mol. The molecule has 5 nitrogen and oxygen atoms in total. The molecule has 18 heavy (non-hydrogen) atoms. The van der Waals surface area contributed by atoms with Crippen molar-refractivity contribution in [3.05, 3.63) is 36.5 Å². The van der Waals surface area contributed by atoms with E-state index >= 15 is 0 Å². The number of aromatic nitrogens is 3. The van der Waals surface area contributed by atoms with Crippen molar-refractivity contribution in [1.29, 1.82) is 0 Å². The highest BCUT2D eigenvalue weighted by atomic mass is 15.3. The average Bonchev–Trinajstić information content (AvgIpc) is 2.94. The van der Waals surface area contributed by atoms with Gasteiger partial charge in [0.1, 0.15) is 0 Å². The van der Waals surface area contributed by atoms with Crippen molar-refractivity contribution in [2.24, 2.45) is 0 Å². The van der Waals surface area contributed by atoms with Crippen LogP contribution in [-0.2, 0) is 0 Å². The van der Waals surface area contributed by atoms with Gasteiger partial charge in [0.15, 0.2) is 5.82 Å². The molecular formula is C13H15N5. The number of hydrogen-bond acceptors (Lipinski definition) is 5. The van der Waals surface area contributed by atoms with E-state index in [0.717, 1.165) is 24.6 Å². The van der Waals surface area contributed by atoms with Gasteiger partial charge in [-0.05, 0) is 25.0 Å². The summed E-state index contributed by atoms with van der Waals surface area (Å²) in [4.78, 5) is 6.73. The molecule has 1 saturated heterocycles. The number of nitrogens with zero attached hydrogens (tertiary/aromatic N) is 4. The zero-order chi connectivity index (χ0) is 12.2. The number of anilines is 3. The quantitative estimate of drug-likeness (QED) is 0.893. The first-order valence-electron chi connectivity index (χ1n) is 6.18. The molecule has 0 spiro atoms. The maximum Gasteiger partial charge on any atom is 0.249 e. The smallest absolute Gasteiger partial charge is 0.249 e. The van der Waals surface area contributed by atoms with Crippen molar-refractivity contribution in [2.45, 2.75) is 12.8 Å². The molecule has 1 fully saturated rings. The van der Waals surface area contributed by atoms with E-state index in [9.17, 15) is 0 Å². The second-order valence-electron chi connectivity index (χ2n) is 4.32. The average molecular weight is 241 g/mol. The highest BCUT2D eigenvalue weighted by Gasteiger charge is 2.14. The van der Waals surface area contributed by atoms with Crippen molar-refractivity contribution >= 4 is 17.5 Å². The molecule has 1 aromatic heterocycles. The van der Waals surface area contributed by atoms with Gasteiger partial charge in [0, 0.05) is 18.8 Å². The van der Waals surface area contributed by atoms with Gasteiger partial charge in [0.05, 0.1) is 6.20 Å². The second-order valence-corrected chi connectivity index (χ2v) is 4.32. The Hall–Kier alpha value is -2.17. The van der Waals surface area contributed by atoms with Crippen LogP contribution < -0.4 is 10.2 Å². The van der Waals surface area contributed by atoms with Gasteiger partial charge in [-0.15, -0.1) is 5.10 Å². The van der Waals surface area contributed by atoms with E-state index in [1.165, 1.54) is 12.8 Å². The molecule has 0 atom stereocenters. The SMILES string of the molecule is c1ccc(Nc2nncc(N3CCCC3)n2)cc1. The number of nitrogens with one attached hydrogen (secondary N) is 1. The molecule has 1 aliphatic rings. The first-order valence-corrected chi connectivity index (χ1v) is 6.18. The molecule has 0 amide bonds. The molecule has 2 heterocycles. The van der Waals surface area contributed by atoms with E-state index in [2.05, 4.69) is 25.4 Å². The van der Waals surface area contributed by atoms with E-state index in [0.29, 0.717) is 5.95 Å². The van der Waals surface area contributed by atoms with Crippen molar-refractivity contribution < 1.29 is 0 Å². The predicted octanol–water partition coefficient (Wildman–Crippen LogP) is 2.22. The molecule has 0 saturated carbocycles. The van der Waals surface area contributed by atoms with Crippen LogP contribution in [-0.4, -0.2) is 28.3 Å². The lowest BCUT2D eigenvalue weighted by molar-refractivity contribution is 0.890. The maximum atomic E-state index is 4.49. The van der Waals surface area contributed by atoms with Crippen molar-refractivity contribution in [1.82, 2.24) is 15.2 Å². The van der Waals surface area contributed by atoms with Crippen LogP contribution in [0.25, 0.3) is 0 Å². The topological polar surface area (TPSA) is 53.9 Å². The third-order valence-corrected chi connectivity index (χ3v) is 3.01. The minimum absolute atomic E-state index is 0.547. The molecule has 0 bridgehead atoms. The lowest BCUT2D eigenvalue weighted by atomic mass is 10.3. The Morgan fingerprint density at radius 3 is 2.61 bits per heavy atom. The third kappa shape index (κ3) is 2.40. The molecule has 92 valence electrons. The van der Waals surface area contributed by atoms with E-state index in [4.69, 9.17) is 0 Å². The van der Waals surface area contributed by atoms with Gasteiger partial charge in [0.25, 0.3) is 0 Å². The fourth-order valence-corrected chi connectivity index (χ4v) is 2.10. The lowest BCUT2D eigenvalue weighted by Crippen LogP contribution is -2.19. The van der Waals surface area contributed by atoms with Crippen LogP contribution in [0.3, 0.4) is 0 Å². The Morgan fingerprint density at radius 2 is 1.83 bits per heavy atom. The number of benzene rings is 1. The summed E-state index contributed by atoms with van der Waals surface area (Å²) in [6, 6.07) is 9.88. The molecule has 0 radical (unpaired) electrons. The van der Waals surface area contributed by atoms with E-state index in [1.807, 2.05) is 30.3 Å². The third-order valence-electron chi connectivity index (χ3n) is 3.01. The Labute approximate surface area is 106 Å². The molecule has 2 aromatic rings. The van der Waals surface area contributed by atoms with Gasteiger partial charge >= 0.3 is 0 Å². The van der Waals surface area contributed by atoms with Crippen LogP contribution >= 0.6 is 0 Å². The summed E-state index contributed by atoms with van der Waals surface area (Å²) in [6.07, 6.45) is 4.18. The van der Waals surface area contributed by atoms with Crippen LogP contribution in [0, 0.1) is 0 Å². The minimum Gasteiger partial charge on any atom is -0.355 e. The normalized spacial score (nSPS) is 14.8. The molecule has 1 N–H and O–H groups in total. The largest absolute Gasteiger partial charge is 0.355 e. The second kappa shape index (κ2) is 5.00. The first kappa shape index (κ1) is 11.0. The van der Waals surface area contributed by atoms with E-state index in [1.54, 1.807) is 6.20 Å². The number of para-hydroxylation sites is 1. The summed E-state index contributed by atoms with van der Waals surface area (Å²) in [5.41, 5.74) is 0.970. The summed E-state index contributed by atoms with van der Waals surface area (Å²) >= 11 is 0. The van der Waals surface area contributed by atoms with Gasteiger partial charge in [-0.1, -0.05) is 18.2 Å². The van der Waals surface area contributed by atoms with E-state index < -0.39 is 0 Å². The Balaban J connectivity index is 1.78. The van der Waals surface area contributed by atoms with Crippen LogP contribution in [0.4, 0.5) is 17.5 Å². The Bertz CT molecular complexity index is 508. The van der Waals surface area contributed by atoms with Crippen LogP contribution in [0.5, 0.6) is 0 Å². The summed E-state index contributed by atoms with van der Waals surface area (Å²) in [7, 11) is 0. The monoisotopic (exact) mass is 241 g/mol. The highest BCUT2D eigenvalue weighted by molar-refractivity contribution is 5.54. The van der Waals surface area contributed by atoms with Crippen molar-refractivity contribution in [3.8, 4) is 0 Å². The summed E-state index contributed by atoms with van der Waals surface area (Å²) in [5.74, 6) is 1.45. The minimum atomic E-state index is 0.547. The zero-order valence-electron chi connectivity index (χ0n) is 10.1. The molecule has 1 aromatic carbocycles. The molecule has 1 aliphatic heterocycles. The first-order chi connectivity index (χ1) is 8.92. The molecule has 0 aliphatic carbocycles. The summed E-state index contributed by atoms with van der Waals surface area (Å²) in [6.45, 7) is 2.12. The summed E-state index contributed by atoms with van der Waals surface area (Å²) < 4.78 is 0. The van der Waals surface area contributed by atoms with Crippen LogP contribution in [0.2, 0.25) is 0 Å². The maximum absolute atomic E-state index is 4.49. The van der Waals surface area contributed by atoms with Crippen LogP contribution in [0.1, 0.15) is 12.8 Å². The molecule has 5 heteroatoms. The highest BCUT2D eigenvalue weighted by Crippen LogP contribution is 2.18. The van der Waals surface area contributed by atoms with Gasteiger partial charge in [-0.3, -0.25) is 0 Å². The Kier molecular flexibility index (Phi) is 3.04. The molecule has 3 rings (SSSR count). The lowest BCUT2D eigenvalue weighted by Gasteiger charge is -2.15. The number of rotatable bonds is 3. The molecule has 0 unspecified atom stereocenters. The standard InChI is InChI=1S/C13H15N5/c1-2-6-11(7-3-1)15-13-16-12(10-14-17-13)18-8-4-5-9-18/h1-3,6-7,10H,4-5,8-9H2,(H,15,16,17). The number of hydrogen-bond donors (Lipinski definition) is 1. The Morgan fingerprint density at radius 1 is 1.06 bits per heavy atom. The van der Waals surface area contributed by atoms with Gasteiger partial charge < -0.3 is 10.2 Å². The summed E-state index contributed by atoms with van der Waals surface area (Å²) in [5, 5.41) is 11.2. The van der Waals surface area contributed by atoms with Gasteiger partial charge in [0.2, 0.25) is 5.95 Å². The fourth-order valence-electron chi connectivity index (χ4n) is 2.10. The van der Waals surface area contributed by atoms with Gasteiger partial charge in [-0.25, -0.2) is 0 Å². The van der Waals surface area contributed by atoms with E-state index in [-0.39, 0.29) is 0 Å². The van der Waals surface area contributed by atoms with Crippen LogP contribution in [0.15, 0.2) is 36.5 Å². The van der Waals surface area contributed by atoms with Crippen molar-refractivity contribution in [3.63, 3.8) is 0 Å². The van der Waals surface area contributed by atoms with Crippen molar-refractivity contribution in [2.75, 3.05) is 23.3 Å². The van der Waals surface area contributed by atoms with Gasteiger partial charge in [-0.2, -0.15) is 10.1 Å².